The second-order valence-electron chi connectivity index (χ2n) is 5.02. The van der Waals surface area contributed by atoms with Gasteiger partial charge in [-0.1, -0.05) is 6.07 Å². The molecule has 120 valence electrons. The second-order valence-corrected chi connectivity index (χ2v) is 5.02. The van der Waals surface area contributed by atoms with Crippen molar-refractivity contribution in [2.24, 2.45) is 0 Å². The van der Waals surface area contributed by atoms with Crippen LogP contribution in [0.5, 0.6) is 0 Å². The van der Waals surface area contributed by atoms with Crippen molar-refractivity contribution in [3.8, 4) is 0 Å². The highest BCUT2D eigenvalue weighted by Gasteiger charge is 2.39. The first-order valence-electron chi connectivity index (χ1n) is 6.74. The van der Waals surface area contributed by atoms with Crippen molar-refractivity contribution >= 4 is 17.5 Å². The molecule has 1 aliphatic heterocycles. The van der Waals surface area contributed by atoms with Gasteiger partial charge in [0.15, 0.2) is 0 Å². The maximum Gasteiger partial charge on any atom is 0.406 e. The van der Waals surface area contributed by atoms with Crippen LogP contribution >= 0.6 is 0 Å². The van der Waals surface area contributed by atoms with E-state index in [0.717, 1.165) is 4.90 Å². The largest absolute Gasteiger partial charge is 0.406 e. The zero-order chi connectivity index (χ0) is 16.3. The number of hydrogen-bond donors (Lipinski definition) is 2. The summed E-state index contributed by atoms with van der Waals surface area (Å²) in [6.07, 6.45) is -4.11. The van der Waals surface area contributed by atoms with Gasteiger partial charge in [-0.3, -0.25) is 9.59 Å². The van der Waals surface area contributed by atoms with E-state index in [1.165, 1.54) is 7.05 Å². The van der Waals surface area contributed by atoms with Crippen molar-refractivity contribution < 1.29 is 22.8 Å². The molecule has 2 amide bonds. The molecule has 0 aromatic heterocycles. The van der Waals surface area contributed by atoms with Crippen molar-refractivity contribution in [1.29, 1.82) is 0 Å². The molecule has 2 N–H and O–H groups in total. The number of nitrogens with zero attached hydrogens (tertiary/aromatic N) is 1. The summed E-state index contributed by atoms with van der Waals surface area (Å²) in [5.74, 6) is -0.859. The highest BCUT2D eigenvalue weighted by molar-refractivity contribution is 5.95. The minimum absolute atomic E-state index is 0.0607. The number of rotatable bonds is 4. The lowest BCUT2D eigenvalue weighted by Crippen LogP contribution is -2.39. The molecule has 5 nitrogen and oxygen atoms in total. The quantitative estimate of drug-likeness (QED) is 0.887. The van der Waals surface area contributed by atoms with Gasteiger partial charge in [0.1, 0.15) is 12.6 Å². The molecule has 1 fully saturated rings. The van der Waals surface area contributed by atoms with Gasteiger partial charge in [0.05, 0.1) is 0 Å². The average Bonchev–Trinajstić information content (AvgIpc) is 2.78. The molecule has 1 heterocycles. The SMILES string of the molecule is CNC(=O)c1cccc(N[C@@H]2CCN(CC(F)(F)F)C2=O)c1. The summed E-state index contributed by atoms with van der Waals surface area (Å²) < 4.78 is 37.1. The lowest BCUT2D eigenvalue weighted by atomic mass is 10.1. The van der Waals surface area contributed by atoms with Gasteiger partial charge in [-0.05, 0) is 24.6 Å². The number of benzene rings is 1. The first-order chi connectivity index (χ1) is 10.3. The van der Waals surface area contributed by atoms with E-state index in [9.17, 15) is 22.8 Å². The second kappa shape index (κ2) is 6.25. The summed E-state index contributed by atoms with van der Waals surface area (Å²) in [7, 11) is 1.50. The first kappa shape index (κ1) is 16.1. The highest BCUT2D eigenvalue weighted by atomic mass is 19.4. The molecular formula is C14H16F3N3O2. The minimum Gasteiger partial charge on any atom is -0.374 e. The minimum atomic E-state index is -4.40. The normalized spacial score (nSPS) is 18.5. The Kier molecular flexibility index (Phi) is 4.58. The molecule has 8 heteroatoms. The molecule has 22 heavy (non-hydrogen) atoms. The van der Waals surface area contributed by atoms with Crippen molar-refractivity contribution in [2.45, 2.75) is 18.6 Å². The molecule has 1 atom stereocenters. The first-order valence-corrected chi connectivity index (χ1v) is 6.74. The van der Waals surface area contributed by atoms with Gasteiger partial charge in [0, 0.05) is 24.8 Å². The lowest BCUT2D eigenvalue weighted by Gasteiger charge is -2.19. The monoisotopic (exact) mass is 315 g/mol. The lowest BCUT2D eigenvalue weighted by molar-refractivity contribution is -0.157. The zero-order valence-corrected chi connectivity index (χ0v) is 11.9. The van der Waals surface area contributed by atoms with Crippen LogP contribution in [0.1, 0.15) is 16.8 Å². The third-order valence-corrected chi connectivity index (χ3v) is 3.36. The molecule has 1 aliphatic rings. The molecule has 0 unspecified atom stereocenters. The van der Waals surface area contributed by atoms with Gasteiger partial charge in [0.2, 0.25) is 5.91 Å². The predicted octanol–water partition coefficient (Wildman–Crippen LogP) is 1.62. The Bertz CT molecular complexity index is 575. The average molecular weight is 315 g/mol. The van der Waals surface area contributed by atoms with Crippen molar-refractivity contribution in [3.63, 3.8) is 0 Å². The Morgan fingerprint density at radius 1 is 1.41 bits per heavy atom. The molecule has 1 aromatic carbocycles. The fraction of sp³-hybridized carbons (Fsp3) is 0.429. The molecule has 1 aromatic rings. The molecular weight excluding hydrogens is 299 g/mol. The van der Waals surface area contributed by atoms with Gasteiger partial charge in [-0.15, -0.1) is 0 Å². The van der Waals surface area contributed by atoms with E-state index in [2.05, 4.69) is 10.6 Å². The van der Waals surface area contributed by atoms with Crippen LogP contribution < -0.4 is 10.6 Å². The van der Waals surface area contributed by atoms with Gasteiger partial charge in [-0.2, -0.15) is 13.2 Å². The molecule has 0 radical (unpaired) electrons. The Morgan fingerprint density at radius 2 is 2.14 bits per heavy atom. The number of likely N-dealkylation sites (tertiary alicyclic amines) is 1. The van der Waals surface area contributed by atoms with Crippen LogP contribution in [0.25, 0.3) is 0 Å². The van der Waals surface area contributed by atoms with E-state index in [1.54, 1.807) is 24.3 Å². The molecule has 0 aliphatic carbocycles. The highest BCUT2D eigenvalue weighted by Crippen LogP contribution is 2.23. The standard InChI is InChI=1S/C14H16F3N3O2/c1-18-12(21)9-3-2-4-10(7-9)19-11-5-6-20(13(11)22)8-14(15,16)17/h2-4,7,11,19H,5-6,8H2,1H3,(H,18,21)/t11-/m1/s1. The predicted molar refractivity (Wildman–Crippen MR) is 74.5 cm³/mol. The third-order valence-electron chi connectivity index (χ3n) is 3.36. The number of carbonyl (C=O) groups is 2. The Morgan fingerprint density at radius 3 is 2.77 bits per heavy atom. The zero-order valence-electron chi connectivity index (χ0n) is 11.9. The van der Waals surface area contributed by atoms with Gasteiger partial charge < -0.3 is 15.5 Å². The van der Waals surface area contributed by atoms with Crippen LogP contribution in [0.2, 0.25) is 0 Å². The number of anilines is 1. The number of halogens is 3. The fourth-order valence-corrected chi connectivity index (χ4v) is 2.34. The van der Waals surface area contributed by atoms with Crippen molar-refractivity contribution in [2.75, 3.05) is 25.5 Å². The van der Waals surface area contributed by atoms with Gasteiger partial charge in [0.25, 0.3) is 5.91 Å². The summed E-state index contributed by atoms with van der Waals surface area (Å²) in [5.41, 5.74) is 0.929. The van der Waals surface area contributed by atoms with E-state index in [1.807, 2.05) is 0 Å². The topological polar surface area (TPSA) is 61.4 Å². The molecule has 2 rings (SSSR count). The van der Waals surface area contributed by atoms with Crippen molar-refractivity contribution in [3.05, 3.63) is 29.8 Å². The Hall–Kier alpha value is -2.25. The number of nitrogens with one attached hydrogen (secondary N) is 2. The van der Waals surface area contributed by atoms with E-state index >= 15 is 0 Å². The number of alkyl halides is 3. The van der Waals surface area contributed by atoms with E-state index in [4.69, 9.17) is 0 Å². The third kappa shape index (κ3) is 3.90. The van der Waals surface area contributed by atoms with E-state index < -0.39 is 24.7 Å². The van der Waals surface area contributed by atoms with Gasteiger partial charge >= 0.3 is 6.18 Å². The molecule has 0 bridgehead atoms. The summed E-state index contributed by atoms with van der Waals surface area (Å²) in [5, 5.41) is 5.36. The van der Waals surface area contributed by atoms with Crippen LogP contribution in [0.4, 0.5) is 18.9 Å². The van der Waals surface area contributed by atoms with Crippen LogP contribution in [-0.2, 0) is 4.79 Å². The Labute approximate surface area is 125 Å². The molecule has 1 saturated heterocycles. The summed E-state index contributed by atoms with van der Waals surface area (Å²) in [6, 6.07) is 5.75. The molecule has 0 saturated carbocycles. The van der Waals surface area contributed by atoms with Crippen LogP contribution in [0.3, 0.4) is 0 Å². The summed E-state index contributed by atoms with van der Waals surface area (Å²) >= 11 is 0. The maximum atomic E-state index is 12.4. The van der Waals surface area contributed by atoms with Crippen LogP contribution in [-0.4, -0.2) is 49.1 Å². The Balaban J connectivity index is 2.03. The number of carbonyl (C=O) groups excluding carboxylic acids is 2. The molecule has 0 spiro atoms. The summed E-state index contributed by atoms with van der Waals surface area (Å²) in [4.78, 5) is 24.3. The van der Waals surface area contributed by atoms with E-state index in [-0.39, 0.29) is 12.5 Å². The van der Waals surface area contributed by atoms with Crippen molar-refractivity contribution in [1.82, 2.24) is 10.2 Å². The van der Waals surface area contributed by atoms with Crippen LogP contribution in [0.15, 0.2) is 24.3 Å². The van der Waals surface area contributed by atoms with E-state index in [0.29, 0.717) is 17.7 Å². The maximum absolute atomic E-state index is 12.4. The number of amides is 2. The smallest absolute Gasteiger partial charge is 0.374 e. The fourth-order valence-electron chi connectivity index (χ4n) is 2.34. The van der Waals surface area contributed by atoms with Gasteiger partial charge in [-0.25, -0.2) is 0 Å². The van der Waals surface area contributed by atoms with Crippen LogP contribution in [0, 0.1) is 0 Å². The summed E-state index contributed by atoms with van der Waals surface area (Å²) in [6.45, 7) is -1.17. The number of hydrogen-bond acceptors (Lipinski definition) is 3.